The van der Waals surface area contributed by atoms with Crippen LogP contribution in [0.5, 0.6) is 0 Å². The molecule has 1 heterocycles. The molecule has 15 heavy (non-hydrogen) atoms. The Hall–Kier alpha value is -0.930. The van der Waals surface area contributed by atoms with E-state index in [0.29, 0.717) is 0 Å². The van der Waals surface area contributed by atoms with Gasteiger partial charge in [-0.25, -0.2) is 0 Å². The summed E-state index contributed by atoms with van der Waals surface area (Å²) in [5, 5.41) is 0. The Kier molecular flexibility index (Phi) is 4.24. The van der Waals surface area contributed by atoms with Crippen molar-refractivity contribution in [1.29, 1.82) is 0 Å². The van der Waals surface area contributed by atoms with Gasteiger partial charge in [0.1, 0.15) is 0 Å². The monoisotopic (exact) mass is 208 g/mol. The third-order valence-electron chi connectivity index (χ3n) is 2.38. The number of nitrogens with zero attached hydrogens (tertiary/aromatic N) is 2. The van der Waals surface area contributed by atoms with E-state index < -0.39 is 0 Å². The summed E-state index contributed by atoms with van der Waals surface area (Å²) in [4.78, 5) is 6.33. The first-order valence-electron chi connectivity index (χ1n) is 5.16. The van der Waals surface area contributed by atoms with Crippen molar-refractivity contribution < 1.29 is 4.74 Å². The molecule has 0 bridgehead atoms. The van der Waals surface area contributed by atoms with E-state index in [-0.39, 0.29) is 5.60 Å². The van der Waals surface area contributed by atoms with E-state index in [4.69, 9.17) is 4.74 Å². The maximum Gasteiger partial charge on any atom is 0.0749 e. The van der Waals surface area contributed by atoms with Crippen LogP contribution in [0, 0.1) is 0 Å². The second kappa shape index (κ2) is 5.24. The van der Waals surface area contributed by atoms with Crippen LogP contribution >= 0.6 is 0 Å². The van der Waals surface area contributed by atoms with Gasteiger partial charge in [0.2, 0.25) is 0 Å². The molecule has 0 N–H and O–H groups in total. The minimum atomic E-state index is -0.100. The second-order valence-corrected chi connectivity index (χ2v) is 4.50. The molecule has 0 unspecified atom stereocenters. The van der Waals surface area contributed by atoms with Crippen LogP contribution in [0.3, 0.4) is 0 Å². The molecule has 0 radical (unpaired) electrons. The predicted octanol–water partition coefficient (Wildman–Crippen LogP) is 1.94. The summed E-state index contributed by atoms with van der Waals surface area (Å²) >= 11 is 0. The fourth-order valence-electron chi connectivity index (χ4n) is 1.57. The molecule has 0 saturated heterocycles. The Morgan fingerprint density at radius 2 is 2.20 bits per heavy atom. The molecule has 84 valence electrons. The Labute approximate surface area is 92.1 Å². The third kappa shape index (κ3) is 4.40. The summed E-state index contributed by atoms with van der Waals surface area (Å²) in [6.45, 7) is 5.98. The summed E-state index contributed by atoms with van der Waals surface area (Å²) in [6.07, 6.45) is 3.69. The van der Waals surface area contributed by atoms with Gasteiger partial charge in [0.25, 0.3) is 0 Å². The van der Waals surface area contributed by atoms with Crippen molar-refractivity contribution in [1.82, 2.24) is 9.88 Å². The molecule has 0 aliphatic carbocycles. The van der Waals surface area contributed by atoms with Gasteiger partial charge in [-0.1, -0.05) is 6.07 Å². The molecular formula is C12H20N2O. The molecule has 0 atom stereocenters. The van der Waals surface area contributed by atoms with Crippen LogP contribution < -0.4 is 0 Å². The van der Waals surface area contributed by atoms with Crippen molar-refractivity contribution in [3.63, 3.8) is 0 Å². The van der Waals surface area contributed by atoms with Crippen LogP contribution in [0.15, 0.2) is 24.5 Å². The predicted molar refractivity (Wildman–Crippen MR) is 61.7 cm³/mol. The molecule has 1 aromatic rings. The average molecular weight is 208 g/mol. The van der Waals surface area contributed by atoms with Crippen molar-refractivity contribution >= 4 is 0 Å². The standard InChI is InChI=1S/C12H20N2O/c1-12(2,15-4)10-14(3)9-11-6-5-7-13-8-11/h5-8H,9-10H2,1-4H3. The van der Waals surface area contributed by atoms with Crippen LogP contribution in [-0.2, 0) is 11.3 Å². The van der Waals surface area contributed by atoms with Gasteiger partial charge in [0.15, 0.2) is 0 Å². The smallest absolute Gasteiger partial charge is 0.0749 e. The van der Waals surface area contributed by atoms with E-state index in [9.17, 15) is 0 Å². The van der Waals surface area contributed by atoms with E-state index in [1.807, 2.05) is 12.3 Å². The summed E-state index contributed by atoms with van der Waals surface area (Å²) in [7, 11) is 3.84. The number of rotatable bonds is 5. The first kappa shape index (κ1) is 12.1. The lowest BCUT2D eigenvalue weighted by Crippen LogP contribution is -2.37. The van der Waals surface area contributed by atoms with Crippen LogP contribution in [0.1, 0.15) is 19.4 Å². The quantitative estimate of drug-likeness (QED) is 0.739. The van der Waals surface area contributed by atoms with Gasteiger partial charge in [0.05, 0.1) is 5.60 Å². The van der Waals surface area contributed by atoms with Crippen molar-refractivity contribution in [3.05, 3.63) is 30.1 Å². The Balaban J connectivity index is 2.46. The van der Waals surface area contributed by atoms with Crippen LogP contribution in [0.4, 0.5) is 0 Å². The molecule has 0 aromatic carbocycles. The Morgan fingerprint density at radius 3 is 2.73 bits per heavy atom. The van der Waals surface area contributed by atoms with Gasteiger partial charge in [-0.2, -0.15) is 0 Å². The zero-order chi connectivity index (χ0) is 11.3. The summed E-state index contributed by atoms with van der Waals surface area (Å²) in [6, 6.07) is 4.05. The minimum absolute atomic E-state index is 0.100. The molecule has 3 nitrogen and oxygen atoms in total. The van der Waals surface area contributed by atoms with Crippen molar-refractivity contribution in [3.8, 4) is 0 Å². The molecule has 1 aromatic heterocycles. The first-order valence-corrected chi connectivity index (χ1v) is 5.16. The van der Waals surface area contributed by atoms with Crippen LogP contribution in [-0.4, -0.2) is 36.2 Å². The van der Waals surface area contributed by atoms with Crippen molar-refractivity contribution in [2.75, 3.05) is 20.7 Å². The van der Waals surface area contributed by atoms with E-state index in [1.165, 1.54) is 5.56 Å². The number of pyridine rings is 1. The van der Waals surface area contributed by atoms with E-state index in [0.717, 1.165) is 13.1 Å². The van der Waals surface area contributed by atoms with E-state index in [2.05, 4.69) is 36.8 Å². The first-order chi connectivity index (χ1) is 7.03. The van der Waals surface area contributed by atoms with Gasteiger partial charge < -0.3 is 4.74 Å². The number of methoxy groups -OCH3 is 1. The molecule has 0 aliphatic rings. The topological polar surface area (TPSA) is 25.4 Å². The number of hydrogen-bond donors (Lipinski definition) is 0. The molecule has 3 heteroatoms. The molecule has 0 fully saturated rings. The maximum atomic E-state index is 5.39. The largest absolute Gasteiger partial charge is 0.377 e. The molecule has 0 amide bonds. The van der Waals surface area contributed by atoms with Gasteiger partial charge in [-0.3, -0.25) is 9.88 Å². The van der Waals surface area contributed by atoms with Gasteiger partial charge in [-0.15, -0.1) is 0 Å². The van der Waals surface area contributed by atoms with Gasteiger partial charge >= 0.3 is 0 Å². The van der Waals surface area contributed by atoms with Crippen LogP contribution in [0.2, 0.25) is 0 Å². The summed E-state index contributed by atoms with van der Waals surface area (Å²) in [5.74, 6) is 0. The maximum absolute atomic E-state index is 5.39. The molecule has 1 rings (SSSR count). The minimum Gasteiger partial charge on any atom is -0.377 e. The van der Waals surface area contributed by atoms with Crippen LogP contribution in [0.25, 0.3) is 0 Å². The highest BCUT2D eigenvalue weighted by molar-refractivity contribution is 5.08. The number of likely N-dealkylation sites (N-methyl/N-ethyl adjacent to an activating group) is 1. The molecule has 0 saturated carbocycles. The Morgan fingerprint density at radius 1 is 1.47 bits per heavy atom. The molecular weight excluding hydrogens is 188 g/mol. The zero-order valence-corrected chi connectivity index (χ0v) is 10.0. The van der Waals surface area contributed by atoms with Crippen molar-refractivity contribution in [2.45, 2.75) is 26.0 Å². The SMILES string of the molecule is COC(C)(C)CN(C)Cc1cccnc1. The second-order valence-electron chi connectivity index (χ2n) is 4.50. The highest BCUT2D eigenvalue weighted by atomic mass is 16.5. The lowest BCUT2D eigenvalue weighted by molar-refractivity contribution is -0.00349. The summed E-state index contributed by atoms with van der Waals surface area (Å²) in [5.41, 5.74) is 1.13. The molecule has 0 spiro atoms. The fraction of sp³-hybridized carbons (Fsp3) is 0.583. The normalized spacial score (nSPS) is 12.1. The van der Waals surface area contributed by atoms with Crippen molar-refractivity contribution in [2.24, 2.45) is 0 Å². The van der Waals surface area contributed by atoms with Gasteiger partial charge in [-0.05, 0) is 32.5 Å². The molecule has 0 aliphatic heterocycles. The van der Waals surface area contributed by atoms with Gasteiger partial charge in [0, 0.05) is 32.6 Å². The third-order valence-corrected chi connectivity index (χ3v) is 2.38. The number of hydrogen-bond acceptors (Lipinski definition) is 3. The Bertz CT molecular complexity index is 285. The number of ether oxygens (including phenoxy) is 1. The van der Waals surface area contributed by atoms with E-state index >= 15 is 0 Å². The highest BCUT2D eigenvalue weighted by Gasteiger charge is 2.18. The van der Waals surface area contributed by atoms with E-state index in [1.54, 1.807) is 13.3 Å². The number of aromatic nitrogens is 1. The lowest BCUT2D eigenvalue weighted by Gasteiger charge is -2.28. The lowest BCUT2D eigenvalue weighted by atomic mass is 10.1. The summed E-state index contributed by atoms with van der Waals surface area (Å²) < 4.78 is 5.39. The fourth-order valence-corrected chi connectivity index (χ4v) is 1.57. The highest BCUT2D eigenvalue weighted by Crippen LogP contribution is 2.10. The zero-order valence-electron chi connectivity index (χ0n) is 10.0. The average Bonchev–Trinajstić information content (AvgIpc) is 2.18.